The molecule has 9 nitrogen and oxygen atoms in total. The van der Waals surface area contributed by atoms with Crippen LogP contribution in [0.2, 0.25) is 0 Å². The predicted molar refractivity (Wildman–Crippen MR) is 183 cm³/mol. The Morgan fingerprint density at radius 2 is 1.91 bits per heavy atom. The van der Waals surface area contributed by atoms with Crippen LogP contribution < -0.4 is 25.4 Å². The second-order valence-electron chi connectivity index (χ2n) is 14.3. The Kier molecular flexibility index (Phi) is 6.37. The van der Waals surface area contributed by atoms with Crippen molar-refractivity contribution in [2.45, 2.75) is 75.7 Å². The number of nitrogen functional groups attached to an aromatic ring is 1. The minimum Gasteiger partial charge on any atom is -0.472 e. The summed E-state index contributed by atoms with van der Waals surface area (Å²) in [5.41, 5.74) is 11.1. The first-order valence-corrected chi connectivity index (χ1v) is 16.8. The molecule has 0 spiro atoms. The number of benzene rings is 2. The zero-order chi connectivity index (χ0) is 32.2. The molecular formula is C37H40FN7O2. The Labute approximate surface area is 273 Å². The molecule has 5 aliphatic heterocycles. The number of aromatic nitrogens is 3. The minimum atomic E-state index is -0.536. The van der Waals surface area contributed by atoms with Gasteiger partial charge < -0.3 is 25.4 Å². The molecule has 4 atom stereocenters. The second kappa shape index (κ2) is 10.4. The van der Waals surface area contributed by atoms with Crippen LogP contribution in [0.15, 0.2) is 54.6 Å². The van der Waals surface area contributed by atoms with Crippen LogP contribution in [0.1, 0.15) is 45.1 Å². The monoisotopic (exact) mass is 633 g/mol. The minimum absolute atomic E-state index is 0.00861. The molecule has 7 heterocycles. The fourth-order valence-electron chi connectivity index (χ4n) is 9.20. The number of nitrogens with two attached hydrogens (primary N) is 1. The van der Waals surface area contributed by atoms with Gasteiger partial charge in [0.15, 0.2) is 5.82 Å². The summed E-state index contributed by atoms with van der Waals surface area (Å²) in [6.07, 6.45) is 4.32. The summed E-state index contributed by atoms with van der Waals surface area (Å²) in [7, 11) is 0. The highest BCUT2D eigenvalue weighted by atomic mass is 19.1. The maximum atomic E-state index is 17.3. The number of hydrogen-bond donors (Lipinski definition) is 2. The van der Waals surface area contributed by atoms with Gasteiger partial charge in [0.2, 0.25) is 5.88 Å². The van der Waals surface area contributed by atoms with Gasteiger partial charge in [0.05, 0.1) is 11.6 Å². The van der Waals surface area contributed by atoms with Crippen molar-refractivity contribution < 1.29 is 13.9 Å². The van der Waals surface area contributed by atoms with Crippen LogP contribution in [0.3, 0.4) is 0 Å². The topological polar surface area (TPSA) is 102 Å². The number of ether oxygens (including phenoxy) is 2. The van der Waals surface area contributed by atoms with Crippen LogP contribution in [0.4, 0.5) is 15.9 Å². The fourth-order valence-corrected chi connectivity index (χ4v) is 9.20. The van der Waals surface area contributed by atoms with Crippen molar-refractivity contribution in [3.63, 3.8) is 0 Å². The number of pyridine rings is 1. The SMILES string of the molecule is C=C1CN2CC(=C)CC2(COc2nc3c4c(nc(-c5cc(N)cc6cccc(CC)c56)c(F)c4n2)O[C@@H](C)[C@@H]2[C@@H]4CC[C@H](CN32)N4)C1. The van der Waals surface area contributed by atoms with Crippen molar-refractivity contribution in [3.05, 3.63) is 66.0 Å². The molecule has 2 aromatic heterocycles. The molecule has 2 bridgehead atoms. The highest BCUT2D eigenvalue weighted by Gasteiger charge is 2.49. The summed E-state index contributed by atoms with van der Waals surface area (Å²) in [6.45, 7) is 15.5. The molecule has 4 fully saturated rings. The molecule has 5 aliphatic rings. The van der Waals surface area contributed by atoms with E-state index < -0.39 is 5.82 Å². The zero-order valence-electron chi connectivity index (χ0n) is 27.0. The summed E-state index contributed by atoms with van der Waals surface area (Å²) in [5, 5.41) is 6.13. The Bertz CT molecular complexity index is 1990. The summed E-state index contributed by atoms with van der Waals surface area (Å²) in [5.74, 6) is 0.425. The van der Waals surface area contributed by atoms with Crippen molar-refractivity contribution in [1.82, 2.24) is 25.2 Å². The molecule has 9 rings (SSSR count). The van der Waals surface area contributed by atoms with E-state index in [2.05, 4.69) is 48.2 Å². The Morgan fingerprint density at radius 1 is 1.11 bits per heavy atom. The third-order valence-electron chi connectivity index (χ3n) is 11.1. The molecule has 0 aliphatic carbocycles. The molecule has 47 heavy (non-hydrogen) atoms. The van der Waals surface area contributed by atoms with Gasteiger partial charge in [-0.2, -0.15) is 9.97 Å². The third-order valence-corrected chi connectivity index (χ3v) is 11.1. The molecule has 0 radical (unpaired) electrons. The van der Waals surface area contributed by atoms with Crippen molar-refractivity contribution in [2.24, 2.45) is 0 Å². The third kappa shape index (κ3) is 4.37. The molecule has 2 aromatic carbocycles. The second-order valence-corrected chi connectivity index (χ2v) is 14.3. The van der Waals surface area contributed by atoms with Crippen molar-refractivity contribution in [2.75, 3.05) is 36.9 Å². The van der Waals surface area contributed by atoms with Crippen LogP contribution in [0, 0.1) is 5.82 Å². The Morgan fingerprint density at radius 3 is 2.70 bits per heavy atom. The number of aryl methyl sites for hydroxylation is 1. The summed E-state index contributed by atoms with van der Waals surface area (Å²) in [6, 6.07) is 10.5. The van der Waals surface area contributed by atoms with E-state index in [-0.39, 0.29) is 40.9 Å². The highest BCUT2D eigenvalue weighted by Crippen LogP contribution is 2.46. The maximum Gasteiger partial charge on any atom is 0.319 e. The number of hydrogen-bond acceptors (Lipinski definition) is 9. The van der Waals surface area contributed by atoms with E-state index in [1.807, 2.05) is 24.3 Å². The lowest BCUT2D eigenvalue weighted by molar-refractivity contribution is 0.108. The summed E-state index contributed by atoms with van der Waals surface area (Å²) < 4.78 is 30.5. The number of nitrogens with one attached hydrogen (secondary N) is 1. The number of nitrogens with zero attached hydrogens (tertiary/aromatic N) is 5. The Balaban J connectivity index is 1.25. The first-order valence-electron chi connectivity index (χ1n) is 16.8. The lowest BCUT2D eigenvalue weighted by Crippen LogP contribution is -2.62. The molecule has 0 unspecified atom stereocenters. The first kappa shape index (κ1) is 28.9. The highest BCUT2D eigenvalue weighted by molar-refractivity contribution is 6.04. The van der Waals surface area contributed by atoms with E-state index in [1.165, 1.54) is 11.1 Å². The van der Waals surface area contributed by atoms with Gasteiger partial charge in [-0.1, -0.05) is 49.4 Å². The van der Waals surface area contributed by atoms with Crippen LogP contribution in [0.25, 0.3) is 32.9 Å². The molecule has 0 amide bonds. The fraction of sp³-hybridized carbons (Fsp3) is 0.432. The van der Waals surface area contributed by atoms with Crippen LogP contribution >= 0.6 is 0 Å². The van der Waals surface area contributed by atoms with Crippen LogP contribution in [0.5, 0.6) is 11.9 Å². The number of halogens is 1. The maximum absolute atomic E-state index is 17.3. The molecule has 0 saturated carbocycles. The lowest BCUT2D eigenvalue weighted by Gasteiger charge is -2.42. The van der Waals surface area contributed by atoms with Gasteiger partial charge in [-0.05, 0) is 67.5 Å². The Hall–Kier alpha value is -4.28. The van der Waals surface area contributed by atoms with Crippen molar-refractivity contribution in [3.8, 4) is 23.1 Å². The van der Waals surface area contributed by atoms with Crippen LogP contribution in [-0.4, -0.2) is 75.9 Å². The van der Waals surface area contributed by atoms with Gasteiger partial charge in [0, 0.05) is 43.0 Å². The van der Waals surface area contributed by atoms with Gasteiger partial charge in [0.25, 0.3) is 0 Å². The van der Waals surface area contributed by atoms with Gasteiger partial charge in [-0.3, -0.25) is 4.90 Å². The number of rotatable bonds is 5. The van der Waals surface area contributed by atoms with E-state index >= 15 is 4.39 Å². The van der Waals surface area contributed by atoms with E-state index in [9.17, 15) is 0 Å². The quantitative estimate of drug-likeness (QED) is 0.216. The average molecular weight is 634 g/mol. The lowest BCUT2D eigenvalue weighted by atomic mass is 9.92. The number of fused-ring (bicyclic) bond motifs is 7. The van der Waals surface area contributed by atoms with Gasteiger partial charge in [0.1, 0.15) is 35.1 Å². The molecular weight excluding hydrogens is 593 g/mol. The molecule has 4 saturated heterocycles. The normalized spacial score (nSPS) is 26.1. The molecule has 3 N–H and O–H groups in total. The van der Waals surface area contributed by atoms with Crippen LogP contribution in [-0.2, 0) is 6.42 Å². The van der Waals surface area contributed by atoms with E-state index in [4.69, 9.17) is 30.2 Å². The standard InChI is InChI=1S/C37H40FN7O2/c1-5-22-7-6-8-23-11-24(39)12-26(28(22)23)31-30(38)32-29-34(45-17-25-9-10-27(40-25)33(45)21(4)47-35(29)41-31)43-36(42-32)46-18-37-13-19(2)15-44(37)16-20(3)14-37/h6-8,11-12,21,25,27,33,40H,2-3,5,9-10,13-18,39H2,1,4H3/t21-,25+,27-,33+/m0/s1. The number of piperazine rings is 1. The zero-order valence-corrected chi connectivity index (χ0v) is 27.0. The molecule has 10 heteroatoms. The summed E-state index contributed by atoms with van der Waals surface area (Å²) >= 11 is 0. The van der Waals surface area contributed by atoms with Gasteiger partial charge in [-0.25, -0.2) is 9.37 Å². The number of anilines is 2. The average Bonchev–Trinajstić information content (AvgIpc) is 3.64. The van der Waals surface area contributed by atoms with E-state index in [1.54, 1.807) is 0 Å². The smallest absolute Gasteiger partial charge is 0.319 e. The van der Waals surface area contributed by atoms with Gasteiger partial charge in [-0.15, -0.1) is 0 Å². The largest absolute Gasteiger partial charge is 0.472 e. The first-order chi connectivity index (χ1) is 22.7. The molecule has 4 aromatic rings. The van der Waals surface area contributed by atoms with Gasteiger partial charge >= 0.3 is 6.01 Å². The predicted octanol–water partition coefficient (Wildman–Crippen LogP) is 5.56. The van der Waals surface area contributed by atoms with E-state index in [0.29, 0.717) is 41.0 Å². The summed E-state index contributed by atoms with van der Waals surface area (Å²) in [4.78, 5) is 19.5. The molecule has 242 valence electrons. The van der Waals surface area contributed by atoms with E-state index in [0.717, 1.165) is 68.1 Å². The van der Waals surface area contributed by atoms with Crippen molar-refractivity contribution >= 4 is 33.2 Å². The van der Waals surface area contributed by atoms with Crippen molar-refractivity contribution in [1.29, 1.82) is 0 Å².